The normalized spacial score (nSPS) is 19.1. The predicted molar refractivity (Wildman–Crippen MR) is 139 cm³/mol. The van der Waals surface area contributed by atoms with Gasteiger partial charge in [-0.05, 0) is 65.7 Å². The molecule has 2 aliphatic rings. The number of carbonyl (C=O) groups excluding carboxylic acids is 1. The highest BCUT2D eigenvalue weighted by Crippen LogP contribution is 2.37. The fourth-order valence-electron chi connectivity index (χ4n) is 4.40. The third kappa shape index (κ3) is 6.70. The van der Waals surface area contributed by atoms with E-state index < -0.39 is 11.7 Å². The van der Waals surface area contributed by atoms with Gasteiger partial charge in [-0.25, -0.2) is 14.8 Å². The number of aromatic nitrogens is 2. The Morgan fingerprint density at radius 3 is 2.14 bits per heavy atom. The van der Waals surface area contributed by atoms with Gasteiger partial charge in [0.05, 0.1) is 14.2 Å². The lowest BCUT2D eigenvalue weighted by Crippen LogP contribution is -2.45. The van der Waals surface area contributed by atoms with Crippen LogP contribution in [0.15, 0.2) is 12.1 Å². The first-order chi connectivity index (χ1) is 16.4. The van der Waals surface area contributed by atoms with Gasteiger partial charge in [0.25, 0.3) is 0 Å². The van der Waals surface area contributed by atoms with Gasteiger partial charge in [-0.1, -0.05) is 30.1 Å². The molecule has 192 valence electrons. The second kappa shape index (κ2) is 11.2. The molecule has 3 heterocycles. The summed E-state index contributed by atoms with van der Waals surface area (Å²) in [4.78, 5) is 22.7. The number of hydrogen-bond donors (Lipinski definition) is 0. The molecule has 0 saturated heterocycles. The summed E-state index contributed by atoms with van der Waals surface area (Å²) in [5.74, 6) is 2.79. The lowest BCUT2D eigenvalue weighted by atomic mass is 9.88. The van der Waals surface area contributed by atoms with Crippen LogP contribution in [-0.4, -0.2) is 41.9 Å². The minimum atomic E-state index is -0.558. The molecule has 0 fully saturated rings. The molecule has 0 aromatic carbocycles. The number of carbonyl (C=O) groups is 1. The molecule has 0 N–H and O–H groups in total. The zero-order valence-electron chi connectivity index (χ0n) is 21.6. The number of hydrogen-bond acceptors (Lipinski definition) is 6. The van der Waals surface area contributed by atoms with Crippen molar-refractivity contribution in [2.75, 3.05) is 19.1 Å². The summed E-state index contributed by atoms with van der Waals surface area (Å²) in [6.45, 7) is 9.74. The standard InChI is InChI=1S/C15H21ClN2O3.C11H14ClNO/c1-9-6-7-10-11(20-5)8-12(16)17-13(10)18(9)14(19)21-15(2,3)4;1-7-3-4-8-9(5-7)13-11(12)6-10(8)14-2/h8-9H,6-7H2,1-5H3;6-7H,3-5H2,1-2H3. The zero-order chi connectivity index (χ0) is 25.9. The molecule has 0 spiro atoms. The molecule has 2 atom stereocenters. The van der Waals surface area contributed by atoms with Crippen molar-refractivity contribution in [1.29, 1.82) is 0 Å². The first-order valence-corrected chi connectivity index (χ1v) is 12.7. The molecule has 0 radical (unpaired) electrons. The van der Waals surface area contributed by atoms with Crippen molar-refractivity contribution in [3.63, 3.8) is 0 Å². The Balaban J connectivity index is 0.000000211. The van der Waals surface area contributed by atoms with E-state index in [1.807, 2.05) is 27.7 Å². The first-order valence-electron chi connectivity index (χ1n) is 11.9. The summed E-state index contributed by atoms with van der Waals surface area (Å²) >= 11 is 12.0. The van der Waals surface area contributed by atoms with Crippen LogP contribution in [0.1, 0.15) is 64.3 Å². The topological polar surface area (TPSA) is 73.8 Å². The van der Waals surface area contributed by atoms with E-state index in [4.69, 9.17) is 37.4 Å². The molecule has 7 nitrogen and oxygen atoms in total. The molecule has 2 unspecified atom stereocenters. The Bertz CT molecular complexity index is 1070. The summed E-state index contributed by atoms with van der Waals surface area (Å²) in [5, 5.41) is 0.836. The fourth-order valence-corrected chi connectivity index (χ4v) is 4.78. The van der Waals surface area contributed by atoms with E-state index >= 15 is 0 Å². The molecule has 4 rings (SSSR count). The molecule has 2 aromatic rings. The number of rotatable bonds is 2. The fraction of sp³-hybridized carbons (Fsp3) is 0.577. The predicted octanol–water partition coefficient (Wildman–Crippen LogP) is 6.69. The van der Waals surface area contributed by atoms with E-state index in [2.05, 4.69) is 16.9 Å². The van der Waals surface area contributed by atoms with E-state index in [-0.39, 0.29) is 6.04 Å². The highest BCUT2D eigenvalue weighted by atomic mass is 35.5. The van der Waals surface area contributed by atoms with Crippen molar-refractivity contribution in [3.05, 3.63) is 39.3 Å². The highest BCUT2D eigenvalue weighted by molar-refractivity contribution is 6.30. The van der Waals surface area contributed by atoms with Gasteiger partial charge in [0.2, 0.25) is 0 Å². The van der Waals surface area contributed by atoms with Gasteiger partial charge in [-0.3, -0.25) is 4.90 Å². The molecule has 2 aromatic heterocycles. The van der Waals surface area contributed by atoms with Gasteiger partial charge in [0, 0.05) is 35.0 Å². The molecule has 0 saturated carbocycles. The number of anilines is 1. The van der Waals surface area contributed by atoms with Crippen molar-refractivity contribution in [2.45, 2.75) is 78.4 Å². The highest BCUT2D eigenvalue weighted by Gasteiger charge is 2.34. The van der Waals surface area contributed by atoms with Crippen LogP contribution in [0.3, 0.4) is 0 Å². The Morgan fingerprint density at radius 2 is 1.54 bits per heavy atom. The van der Waals surface area contributed by atoms with Gasteiger partial charge in [0.15, 0.2) is 0 Å². The van der Waals surface area contributed by atoms with Crippen molar-refractivity contribution >= 4 is 35.1 Å². The van der Waals surface area contributed by atoms with E-state index in [0.29, 0.717) is 27.8 Å². The van der Waals surface area contributed by atoms with Crippen LogP contribution in [0, 0.1) is 5.92 Å². The van der Waals surface area contributed by atoms with Crippen LogP contribution >= 0.6 is 23.2 Å². The number of methoxy groups -OCH3 is 2. The average Bonchev–Trinajstić information content (AvgIpc) is 2.76. The van der Waals surface area contributed by atoms with Crippen molar-refractivity contribution < 1.29 is 19.0 Å². The quantitative estimate of drug-likeness (QED) is 0.408. The zero-order valence-corrected chi connectivity index (χ0v) is 23.1. The van der Waals surface area contributed by atoms with Gasteiger partial charge in [-0.15, -0.1) is 0 Å². The number of halogens is 2. The van der Waals surface area contributed by atoms with E-state index in [1.54, 1.807) is 31.3 Å². The molecular formula is C26H35Cl2N3O4. The molecular weight excluding hydrogens is 489 g/mol. The average molecular weight is 524 g/mol. The molecule has 1 aliphatic carbocycles. The molecule has 9 heteroatoms. The Morgan fingerprint density at radius 1 is 0.971 bits per heavy atom. The van der Waals surface area contributed by atoms with Gasteiger partial charge < -0.3 is 14.2 Å². The molecule has 0 bridgehead atoms. The summed E-state index contributed by atoms with van der Waals surface area (Å²) in [5.41, 5.74) is 2.70. The molecule has 1 amide bonds. The maximum Gasteiger partial charge on any atom is 0.416 e. The van der Waals surface area contributed by atoms with Gasteiger partial charge in [-0.2, -0.15) is 0 Å². The third-order valence-electron chi connectivity index (χ3n) is 6.11. The van der Waals surface area contributed by atoms with Gasteiger partial charge in [0.1, 0.15) is 33.2 Å². The van der Waals surface area contributed by atoms with Gasteiger partial charge >= 0.3 is 6.09 Å². The second-order valence-electron chi connectivity index (χ2n) is 10.1. The van der Waals surface area contributed by atoms with Crippen LogP contribution in [-0.2, 0) is 24.0 Å². The summed E-state index contributed by atoms with van der Waals surface area (Å²) in [6.07, 6.45) is 4.51. The third-order valence-corrected chi connectivity index (χ3v) is 6.50. The van der Waals surface area contributed by atoms with E-state index in [1.165, 1.54) is 12.0 Å². The monoisotopic (exact) mass is 523 g/mol. The molecule has 1 aliphatic heterocycles. The maximum absolute atomic E-state index is 12.5. The SMILES string of the molecule is COc1cc(Cl)nc2c1CCC(C)C2.COc1cc(Cl)nc2c1CCC(C)N2C(=O)OC(C)(C)C. The number of nitrogens with zero attached hydrogens (tertiary/aromatic N) is 3. The number of fused-ring (bicyclic) bond motifs is 2. The van der Waals surface area contributed by atoms with E-state index in [0.717, 1.165) is 42.7 Å². The van der Waals surface area contributed by atoms with Crippen molar-refractivity contribution in [2.24, 2.45) is 5.92 Å². The lowest BCUT2D eigenvalue weighted by molar-refractivity contribution is 0.0562. The second-order valence-corrected chi connectivity index (χ2v) is 10.9. The number of amides is 1. The van der Waals surface area contributed by atoms with Crippen LogP contribution in [0.25, 0.3) is 0 Å². The van der Waals surface area contributed by atoms with E-state index in [9.17, 15) is 4.79 Å². The van der Waals surface area contributed by atoms with Crippen LogP contribution in [0.5, 0.6) is 11.5 Å². The Kier molecular flexibility index (Phi) is 8.76. The Labute approximate surface area is 218 Å². The minimum absolute atomic E-state index is 0.00280. The van der Waals surface area contributed by atoms with Crippen LogP contribution in [0.2, 0.25) is 10.3 Å². The van der Waals surface area contributed by atoms with Crippen LogP contribution < -0.4 is 14.4 Å². The number of ether oxygens (including phenoxy) is 3. The summed E-state index contributed by atoms with van der Waals surface area (Å²) in [7, 11) is 3.27. The maximum atomic E-state index is 12.5. The largest absolute Gasteiger partial charge is 0.496 e. The lowest BCUT2D eigenvalue weighted by Gasteiger charge is -2.35. The first kappa shape index (κ1) is 27.3. The molecule has 35 heavy (non-hydrogen) atoms. The number of pyridine rings is 2. The van der Waals surface area contributed by atoms with Crippen molar-refractivity contribution in [1.82, 2.24) is 9.97 Å². The Hall–Kier alpha value is -2.25. The summed E-state index contributed by atoms with van der Waals surface area (Å²) < 4.78 is 16.1. The van der Waals surface area contributed by atoms with Crippen LogP contribution in [0.4, 0.5) is 10.6 Å². The smallest absolute Gasteiger partial charge is 0.416 e. The van der Waals surface area contributed by atoms with Crippen molar-refractivity contribution in [3.8, 4) is 11.5 Å². The summed E-state index contributed by atoms with van der Waals surface area (Å²) in [6, 6.07) is 3.48. The minimum Gasteiger partial charge on any atom is -0.496 e.